The van der Waals surface area contributed by atoms with E-state index in [1.54, 1.807) is 16.7 Å². The van der Waals surface area contributed by atoms with Gasteiger partial charge >= 0.3 is 5.56 Å². The molecule has 3 N–H and O–H groups in total. The largest absolute Gasteiger partial charge is 0.376 e. The molecule has 1 amide bonds. The second kappa shape index (κ2) is 8.26. The minimum atomic E-state index is -0.194. The lowest BCUT2D eigenvalue weighted by Crippen LogP contribution is -2.34. The molecule has 3 aromatic rings. The smallest absolute Gasteiger partial charge is 0.325 e. The number of carbonyl (C=O) groups excluding carboxylic acids is 1. The summed E-state index contributed by atoms with van der Waals surface area (Å²) in [6, 6.07) is 5.65. The molecule has 1 atom stereocenters. The van der Waals surface area contributed by atoms with Gasteiger partial charge in [-0.25, -0.2) is 9.78 Å². The topological polar surface area (TPSA) is 98.9 Å². The number of nitrogens with one attached hydrogen (secondary N) is 3. The van der Waals surface area contributed by atoms with Crippen LogP contribution in [0.5, 0.6) is 0 Å². The molecule has 1 aliphatic carbocycles. The molecule has 0 spiro atoms. The van der Waals surface area contributed by atoms with Gasteiger partial charge in [0, 0.05) is 25.3 Å². The number of rotatable bonds is 5. The summed E-state index contributed by atoms with van der Waals surface area (Å²) in [7, 11) is 0. The van der Waals surface area contributed by atoms with Crippen molar-refractivity contribution < 1.29 is 14.5 Å². The predicted octanol–water partition coefficient (Wildman–Crippen LogP) is 2.23. The molecule has 8 nitrogen and oxygen atoms in total. The summed E-state index contributed by atoms with van der Waals surface area (Å²) in [5.41, 5.74) is 2.30. The van der Waals surface area contributed by atoms with E-state index < -0.39 is 0 Å². The molecule has 162 valence electrons. The van der Waals surface area contributed by atoms with Crippen LogP contribution in [0.3, 0.4) is 0 Å². The Morgan fingerprint density at radius 3 is 2.87 bits per heavy atom. The van der Waals surface area contributed by atoms with Gasteiger partial charge in [0.1, 0.15) is 10.9 Å². The van der Waals surface area contributed by atoms with Gasteiger partial charge in [-0.2, -0.15) is 4.40 Å². The predicted molar refractivity (Wildman–Crippen MR) is 117 cm³/mol. The third-order valence-electron chi connectivity index (χ3n) is 6.27. The number of aromatic amines is 1. The van der Waals surface area contributed by atoms with Crippen molar-refractivity contribution in [2.75, 3.05) is 18.5 Å². The van der Waals surface area contributed by atoms with Crippen LogP contribution in [0.1, 0.15) is 54.4 Å². The van der Waals surface area contributed by atoms with E-state index >= 15 is 0 Å². The summed E-state index contributed by atoms with van der Waals surface area (Å²) >= 11 is 0. The Morgan fingerprint density at radius 1 is 1.26 bits per heavy atom. The molecule has 0 radical (unpaired) electrons. The van der Waals surface area contributed by atoms with Crippen molar-refractivity contribution in [1.29, 1.82) is 0 Å². The highest BCUT2D eigenvalue weighted by molar-refractivity contribution is 6.01. The van der Waals surface area contributed by atoms with Crippen molar-refractivity contribution >= 4 is 28.4 Å². The molecule has 3 aromatic heterocycles. The van der Waals surface area contributed by atoms with Gasteiger partial charge in [-0.3, -0.25) is 4.79 Å². The highest BCUT2D eigenvalue weighted by Crippen LogP contribution is 2.22. The van der Waals surface area contributed by atoms with Crippen LogP contribution in [0, 0.1) is 6.92 Å². The molecule has 1 aliphatic heterocycles. The third kappa shape index (κ3) is 3.99. The number of hydrogen-bond donors (Lipinski definition) is 2. The maximum absolute atomic E-state index is 13.2. The fourth-order valence-corrected chi connectivity index (χ4v) is 4.56. The van der Waals surface area contributed by atoms with E-state index in [0.29, 0.717) is 34.6 Å². The van der Waals surface area contributed by atoms with Gasteiger partial charge in [0.15, 0.2) is 0 Å². The molecule has 1 saturated carbocycles. The number of nitrogens with zero attached hydrogens (tertiary/aromatic N) is 2. The summed E-state index contributed by atoms with van der Waals surface area (Å²) in [5, 5.41) is 6.82. The van der Waals surface area contributed by atoms with E-state index in [9.17, 15) is 9.59 Å². The Kier molecular flexibility index (Phi) is 5.31. The lowest BCUT2D eigenvalue weighted by atomic mass is 10.1. The first-order valence-corrected chi connectivity index (χ1v) is 11.1. The molecular formula is C23H28N5O3+. The molecule has 1 saturated heterocycles. The zero-order valence-electron chi connectivity index (χ0n) is 17.7. The molecule has 2 fully saturated rings. The van der Waals surface area contributed by atoms with E-state index in [1.807, 2.05) is 19.1 Å². The zero-order valence-corrected chi connectivity index (χ0v) is 17.7. The van der Waals surface area contributed by atoms with Gasteiger partial charge < -0.3 is 15.4 Å². The maximum Gasteiger partial charge on any atom is 0.325 e. The first kappa shape index (κ1) is 19.9. The average Bonchev–Trinajstić information content (AvgIpc) is 3.47. The fraction of sp³-hybridized carbons (Fsp3) is 0.478. The number of aromatic nitrogens is 3. The SMILES string of the molecule is Cc1ccc2[nH+]c3nc(NC[C@H]4CCCO4)c(C(=O)NC4CCCC4)cc3c(=O)n2c1. The normalized spacial score (nSPS) is 19.3. The summed E-state index contributed by atoms with van der Waals surface area (Å²) < 4.78 is 7.27. The first-order valence-electron chi connectivity index (χ1n) is 11.1. The number of pyridine rings is 2. The lowest BCUT2D eigenvalue weighted by Gasteiger charge is -2.15. The van der Waals surface area contributed by atoms with Crippen LogP contribution >= 0.6 is 0 Å². The summed E-state index contributed by atoms with van der Waals surface area (Å²) in [4.78, 5) is 34.2. The molecule has 0 bridgehead atoms. The van der Waals surface area contributed by atoms with E-state index in [2.05, 4.69) is 20.6 Å². The van der Waals surface area contributed by atoms with E-state index in [0.717, 1.165) is 50.7 Å². The number of ether oxygens (including phenoxy) is 1. The first-order chi connectivity index (χ1) is 15.1. The molecule has 0 aromatic carbocycles. The van der Waals surface area contributed by atoms with Crippen molar-refractivity contribution in [2.24, 2.45) is 0 Å². The fourth-order valence-electron chi connectivity index (χ4n) is 4.56. The summed E-state index contributed by atoms with van der Waals surface area (Å²) in [6.07, 6.45) is 8.17. The Bertz CT molecular complexity index is 1190. The van der Waals surface area contributed by atoms with E-state index in [-0.39, 0.29) is 23.6 Å². The number of H-pyrrole nitrogens is 1. The highest BCUT2D eigenvalue weighted by atomic mass is 16.5. The van der Waals surface area contributed by atoms with Crippen molar-refractivity contribution in [3.8, 4) is 0 Å². The van der Waals surface area contributed by atoms with Crippen LogP contribution in [-0.2, 0) is 4.74 Å². The molecule has 31 heavy (non-hydrogen) atoms. The number of anilines is 1. The summed E-state index contributed by atoms with van der Waals surface area (Å²) in [6.45, 7) is 3.28. The van der Waals surface area contributed by atoms with Crippen molar-refractivity contribution in [1.82, 2.24) is 14.7 Å². The Balaban J connectivity index is 1.58. The minimum absolute atomic E-state index is 0.109. The van der Waals surface area contributed by atoms with Gasteiger partial charge in [0.2, 0.25) is 11.5 Å². The lowest BCUT2D eigenvalue weighted by molar-refractivity contribution is -0.319. The highest BCUT2D eigenvalue weighted by Gasteiger charge is 2.26. The third-order valence-corrected chi connectivity index (χ3v) is 6.27. The molecule has 5 rings (SSSR count). The Hall–Kier alpha value is -3.00. The molecule has 4 heterocycles. The van der Waals surface area contributed by atoms with Crippen molar-refractivity contribution in [3.63, 3.8) is 0 Å². The standard InChI is InChI=1S/C23H27N5O3/c1-14-8-9-19-26-21-18(23(30)28(19)13-14)11-17(22(29)25-15-5-2-3-6-15)20(27-21)24-12-16-7-4-10-31-16/h8-9,11,13,15-16H,2-7,10,12H2,1H3,(H,24,27)(H,25,29)/p+1/t16-/m1/s1. The molecule has 0 unspecified atom stereocenters. The van der Waals surface area contributed by atoms with Crippen LogP contribution in [0.2, 0.25) is 0 Å². The molecule has 2 aliphatic rings. The van der Waals surface area contributed by atoms with Crippen LogP contribution < -0.4 is 21.2 Å². The quantitative estimate of drug-likeness (QED) is 0.615. The second-order valence-corrected chi connectivity index (χ2v) is 8.64. The Labute approximate surface area is 180 Å². The second-order valence-electron chi connectivity index (χ2n) is 8.64. The molecule has 8 heteroatoms. The number of fused-ring (bicyclic) bond motifs is 2. The number of carbonyl (C=O) groups is 1. The van der Waals surface area contributed by atoms with Crippen LogP contribution in [0.25, 0.3) is 16.7 Å². The van der Waals surface area contributed by atoms with Crippen LogP contribution in [0.15, 0.2) is 29.2 Å². The van der Waals surface area contributed by atoms with Crippen molar-refractivity contribution in [2.45, 2.75) is 57.6 Å². The van der Waals surface area contributed by atoms with E-state index in [1.165, 1.54) is 0 Å². The number of amides is 1. The summed E-state index contributed by atoms with van der Waals surface area (Å²) in [5.74, 6) is 0.287. The van der Waals surface area contributed by atoms with Gasteiger partial charge in [-0.05, 0) is 50.3 Å². The van der Waals surface area contributed by atoms with Crippen molar-refractivity contribution in [3.05, 3.63) is 45.9 Å². The minimum Gasteiger partial charge on any atom is -0.376 e. The van der Waals surface area contributed by atoms with Crippen LogP contribution in [-0.4, -0.2) is 40.6 Å². The number of hydrogen-bond acceptors (Lipinski definition) is 5. The van der Waals surface area contributed by atoms with Gasteiger partial charge in [-0.15, -0.1) is 0 Å². The number of aryl methyl sites for hydroxylation is 1. The van der Waals surface area contributed by atoms with Crippen LogP contribution in [0.4, 0.5) is 5.82 Å². The van der Waals surface area contributed by atoms with Gasteiger partial charge in [-0.1, -0.05) is 17.8 Å². The molecular weight excluding hydrogens is 394 g/mol. The average molecular weight is 423 g/mol. The zero-order chi connectivity index (χ0) is 21.4. The monoisotopic (exact) mass is 422 g/mol. The van der Waals surface area contributed by atoms with Gasteiger partial charge in [0.05, 0.1) is 12.3 Å². The maximum atomic E-state index is 13.2. The van der Waals surface area contributed by atoms with E-state index in [4.69, 9.17) is 4.74 Å². The van der Waals surface area contributed by atoms with Gasteiger partial charge in [0.25, 0.3) is 11.6 Å². The Morgan fingerprint density at radius 2 is 2.10 bits per heavy atom.